The fourth-order valence-corrected chi connectivity index (χ4v) is 8.84. The maximum atomic E-state index is 7.15. The van der Waals surface area contributed by atoms with Gasteiger partial charge in [0.25, 0.3) is 0 Å². The zero-order valence-corrected chi connectivity index (χ0v) is 33.0. The number of benzene rings is 5. The zero-order valence-electron chi connectivity index (χ0n) is 33.0. The number of anilines is 6. The van der Waals surface area contributed by atoms with Gasteiger partial charge >= 0.3 is 6.71 Å². The van der Waals surface area contributed by atoms with Crippen molar-refractivity contribution in [2.75, 3.05) is 23.4 Å². The summed E-state index contributed by atoms with van der Waals surface area (Å²) in [7, 11) is 0. The van der Waals surface area contributed by atoms with E-state index in [1.165, 1.54) is 16.7 Å². The molecule has 0 amide bonds. The van der Waals surface area contributed by atoms with Crippen molar-refractivity contribution in [3.8, 4) is 23.0 Å². The Morgan fingerprint density at radius 1 is 0.536 bits per heavy atom. The molecule has 8 nitrogen and oxygen atoms in total. The van der Waals surface area contributed by atoms with E-state index >= 15 is 0 Å². The van der Waals surface area contributed by atoms with Gasteiger partial charge in [-0.3, -0.25) is 0 Å². The molecule has 0 saturated heterocycles. The average Bonchev–Trinajstić information content (AvgIpc) is 3.97. The van der Waals surface area contributed by atoms with Crippen molar-refractivity contribution in [3.63, 3.8) is 0 Å². The molecule has 56 heavy (non-hydrogen) atoms. The Kier molecular flexibility index (Phi) is 6.74. The van der Waals surface area contributed by atoms with Gasteiger partial charge < -0.3 is 37.6 Å². The lowest BCUT2D eigenvalue weighted by Crippen LogP contribution is -2.60. The van der Waals surface area contributed by atoms with Crippen LogP contribution in [0, 0.1) is 0 Å². The van der Waals surface area contributed by atoms with E-state index in [1.807, 2.05) is 12.1 Å². The largest absolute Gasteiger partial charge is 0.468 e. The van der Waals surface area contributed by atoms with Crippen LogP contribution >= 0.6 is 0 Å². The first-order chi connectivity index (χ1) is 26.8. The molecule has 0 spiro atoms. The third-order valence-electron chi connectivity index (χ3n) is 11.9. The van der Waals surface area contributed by atoms with E-state index in [-0.39, 0.29) is 37.0 Å². The highest BCUT2D eigenvalue weighted by atomic mass is 16.7. The maximum absolute atomic E-state index is 7.15. The summed E-state index contributed by atoms with van der Waals surface area (Å²) in [5.74, 6) is 3.16. The van der Waals surface area contributed by atoms with Crippen LogP contribution in [0.1, 0.15) is 78.0 Å². The first-order valence-corrected chi connectivity index (χ1v) is 19.5. The minimum Gasteiger partial charge on any atom is -0.468 e. The van der Waals surface area contributed by atoms with Gasteiger partial charge in [0.05, 0.1) is 22.7 Å². The summed E-state index contributed by atoms with van der Waals surface area (Å²) in [5.41, 5.74) is 14.1. The van der Waals surface area contributed by atoms with Crippen LogP contribution in [0.2, 0.25) is 0 Å². The molecule has 4 aliphatic rings. The predicted molar refractivity (Wildman–Crippen MR) is 224 cm³/mol. The number of ether oxygens (including phenoxy) is 4. The number of rotatable bonds is 3. The summed E-state index contributed by atoms with van der Waals surface area (Å²) in [6, 6.07) is 30.4. The van der Waals surface area contributed by atoms with Crippen molar-refractivity contribution in [2.45, 2.75) is 72.1 Å². The molecule has 0 fully saturated rings. The molecule has 9 heteroatoms. The minimum atomic E-state index is -0.335. The lowest BCUT2D eigenvalue weighted by atomic mass is 9.37. The quantitative estimate of drug-likeness (QED) is 0.166. The van der Waals surface area contributed by atoms with Crippen LogP contribution in [0.5, 0.6) is 23.0 Å². The average molecular weight is 743 g/mol. The minimum absolute atomic E-state index is 0.0703. The molecule has 0 N–H and O–H groups in total. The molecule has 0 radical (unpaired) electrons. The van der Waals surface area contributed by atoms with Crippen LogP contribution in [-0.2, 0) is 10.8 Å². The van der Waals surface area contributed by atoms with Gasteiger partial charge in [-0.2, -0.15) is 0 Å². The Hall–Kier alpha value is -5.96. The van der Waals surface area contributed by atoms with Crippen LogP contribution < -0.4 is 45.5 Å². The van der Waals surface area contributed by atoms with E-state index in [9.17, 15) is 0 Å². The molecular formula is C47H43BN2O6. The summed E-state index contributed by atoms with van der Waals surface area (Å²) in [5, 5.41) is 2.11. The standard InChI is InChI=1S/C47H43BN2O6/c1-25(2)26-17-33-41-34(18-26)50(30-12-16-38-40(22-30)54-24-52-38)43-32-20-28(47(6,7)8)10-14-36(32)56-45(43)48(41)44-42(31-19-27(46(3,4)5)9-13-35(31)55-44)49(33)29-11-15-37-39(21-29)53-23-51-37/h9-22,25H,23-24H2,1-8H3. The molecular weight excluding hydrogens is 699 g/mol. The topological polar surface area (TPSA) is 69.7 Å². The number of fused-ring (bicyclic) bond motifs is 10. The zero-order chi connectivity index (χ0) is 38.4. The summed E-state index contributed by atoms with van der Waals surface area (Å²) in [6.07, 6.45) is 0. The molecule has 5 aromatic carbocycles. The first kappa shape index (κ1) is 33.4. The number of furan rings is 2. The Bertz CT molecular complexity index is 2620. The second-order valence-corrected chi connectivity index (χ2v) is 17.9. The van der Waals surface area contributed by atoms with Crippen LogP contribution in [0.25, 0.3) is 21.9 Å². The lowest BCUT2D eigenvalue weighted by Gasteiger charge is -2.41. The summed E-state index contributed by atoms with van der Waals surface area (Å²) in [4.78, 5) is 4.75. The third kappa shape index (κ3) is 4.72. The molecule has 4 aliphatic heterocycles. The normalized spacial score (nSPS) is 15.3. The smallest absolute Gasteiger partial charge is 0.342 e. The fourth-order valence-electron chi connectivity index (χ4n) is 8.84. The van der Waals surface area contributed by atoms with Gasteiger partial charge in [0.1, 0.15) is 22.5 Å². The van der Waals surface area contributed by atoms with Gasteiger partial charge in [0.2, 0.25) is 13.6 Å². The highest BCUT2D eigenvalue weighted by Crippen LogP contribution is 2.52. The van der Waals surface area contributed by atoms with Crippen molar-refractivity contribution in [3.05, 3.63) is 102 Å². The van der Waals surface area contributed by atoms with Crippen molar-refractivity contribution >= 4 is 79.6 Å². The second-order valence-electron chi connectivity index (χ2n) is 17.9. The predicted octanol–water partition coefficient (Wildman–Crippen LogP) is 10.4. The van der Waals surface area contributed by atoms with Gasteiger partial charge in [-0.15, -0.1) is 0 Å². The summed E-state index contributed by atoms with van der Waals surface area (Å²) >= 11 is 0. The van der Waals surface area contributed by atoms with Gasteiger partial charge in [0, 0.05) is 34.3 Å². The Labute approximate surface area is 326 Å². The van der Waals surface area contributed by atoms with E-state index in [4.69, 9.17) is 27.8 Å². The van der Waals surface area contributed by atoms with Crippen molar-refractivity contribution in [2.24, 2.45) is 0 Å². The monoisotopic (exact) mass is 742 g/mol. The third-order valence-corrected chi connectivity index (χ3v) is 11.9. The number of hydrogen-bond donors (Lipinski definition) is 0. The molecule has 7 aromatic rings. The van der Waals surface area contributed by atoms with Gasteiger partial charge in [0.15, 0.2) is 23.0 Å². The molecule has 11 rings (SSSR count). The van der Waals surface area contributed by atoms with Crippen molar-refractivity contribution in [1.29, 1.82) is 0 Å². The molecule has 0 unspecified atom stereocenters. The van der Waals surface area contributed by atoms with Crippen LogP contribution in [0.15, 0.2) is 93.8 Å². The Morgan fingerprint density at radius 3 is 1.41 bits per heavy atom. The molecule has 0 atom stereocenters. The van der Waals surface area contributed by atoms with E-state index < -0.39 is 0 Å². The molecule has 0 saturated carbocycles. The summed E-state index contributed by atoms with van der Waals surface area (Å²) in [6.45, 7) is 18.1. The molecule has 6 heterocycles. The van der Waals surface area contributed by atoms with E-state index in [0.717, 1.165) is 95.8 Å². The first-order valence-electron chi connectivity index (χ1n) is 19.5. The van der Waals surface area contributed by atoms with Gasteiger partial charge in [-0.1, -0.05) is 67.5 Å². The summed E-state index contributed by atoms with van der Waals surface area (Å²) < 4.78 is 37.9. The van der Waals surface area contributed by atoms with Crippen molar-refractivity contribution in [1.82, 2.24) is 0 Å². The maximum Gasteiger partial charge on any atom is 0.342 e. The van der Waals surface area contributed by atoms with Crippen LogP contribution in [-0.4, -0.2) is 20.3 Å². The van der Waals surface area contributed by atoms with Crippen molar-refractivity contribution < 1.29 is 27.8 Å². The van der Waals surface area contributed by atoms with E-state index in [2.05, 4.69) is 138 Å². The highest BCUT2D eigenvalue weighted by molar-refractivity contribution is 6.99. The molecule has 0 aliphatic carbocycles. The highest BCUT2D eigenvalue weighted by Gasteiger charge is 2.50. The van der Waals surface area contributed by atoms with E-state index in [0.29, 0.717) is 0 Å². The molecule has 0 bridgehead atoms. The second kappa shape index (κ2) is 11.3. The number of nitrogens with zero attached hydrogens (tertiary/aromatic N) is 2. The van der Waals surface area contributed by atoms with Gasteiger partial charge in [-0.05, 0) is 99.6 Å². The lowest BCUT2D eigenvalue weighted by molar-refractivity contribution is 0.173. The SMILES string of the molecule is CC(C)c1cc2c3c(c1)N(c1ccc4c(c1)OCO4)c1c(oc4ccc(C(C)(C)C)cc14)B3c1oc3ccc(C(C)(C)C)cc3c1N2c1ccc2c(c1)OCO2. The van der Waals surface area contributed by atoms with Crippen LogP contribution in [0.4, 0.5) is 34.1 Å². The van der Waals surface area contributed by atoms with Gasteiger partial charge in [-0.25, -0.2) is 0 Å². The fraction of sp³-hybridized carbons (Fsp3) is 0.277. The van der Waals surface area contributed by atoms with E-state index in [1.54, 1.807) is 0 Å². The Morgan fingerprint density at radius 2 is 0.982 bits per heavy atom. The molecule has 280 valence electrons. The number of hydrogen-bond acceptors (Lipinski definition) is 8. The Balaban J connectivity index is 1.28. The van der Waals surface area contributed by atoms with Crippen LogP contribution in [0.3, 0.4) is 0 Å². The molecule has 2 aromatic heterocycles.